The summed E-state index contributed by atoms with van der Waals surface area (Å²) in [5.41, 5.74) is 2.53. The van der Waals surface area contributed by atoms with Crippen molar-refractivity contribution in [2.24, 2.45) is 5.84 Å². The number of rotatable bonds is 5. The predicted molar refractivity (Wildman–Crippen MR) is 68.3 cm³/mol. The first-order chi connectivity index (χ1) is 8.81. The van der Waals surface area contributed by atoms with E-state index in [1.165, 1.54) is 0 Å². The number of hydrogen-bond donors (Lipinski definition) is 3. The van der Waals surface area contributed by atoms with E-state index in [0.717, 1.165) is 18.1 Å². The Kier molecular flexibility index (Phi) is 4.68. The van der Waals surface area contributed by atoms with Crippen molar-refractivity contribution >= 4 is 11.6 Å². The summed E-state index contributed by atoms with van der Waals surface area (Å²) in [5, 5.41) is 3.21. The highest BCUT2D eigenvalue weighted by Gasteiger charge is 2.14. The van der Waals surface area contributed by atoms with E-state index in [4.69, 9.17) is 15.3 Å². The maximum absolute atomic E-state index is 5.54. The number of aryl methyl sites for hydroxylation is 1. The predicted octanol–water partition coefficient (Wildman–Crippen LogP) is 0.152. The van der Waals surface area contributed by atoms with Crippen molar-refractivity contribution in [3.05, 3.63) is 11.9 Å². The van der Waals surface area contributed by atoms with Crippen LogP contribution < -0.4 is 16.6 Å². The Morgan fingerprint density at radius 2 is 2.22 bits per heavy atom. The molecule has 7 nitrogen and oxygen atoms in total. The monoisotopic (exact) mass is 253 g/mol. The fourth-order valence-corrected chi connectivity index (χ4v) is 1.69. The van der Waals surface area contributed by atoms with E-state index in [2.05, 4.69) is 20.7 Å². The highest BCUT2D eigenvalue weighted by Crippen LogP contribution is 2.11. The molecule has 1 aromatic heterocycles. The zero-order valence-electron chi connectivity index (χ0n) is 10.5. The van der Waals surface area contributed by atoms with Gasteiger partial charge in [0.2, 0.25) is 0 Å². The molecule has 100 valence electrons. The molecule has 2 rings (SSSR count). The van der Waals surface area contributed by atoms with E-state index in [1.807, 2.05) is 6.92 Å². The van der Waals surface area contributed by atoms with Crippen LogP contribution in [0, 0.1) is 0 Å². The molecule has 1 atom stereocenters. The molecule has 2 heterocycles. The van der Waals surface area contributed by atoms with Crippen molar-refractivity contribution in [3.63, 3.8) is 0 Å². The molecule has 0 aliphatic carbocycles. The van der Waals surface area contributed by atoms with Crippen LogP contribution in [0.1, 0.15) is 12.7 Å². The van der Waals surface area contributed by atoms with Crippen molar-refractivity contribution in [1.29, 1.82) is 0 Å². The lowest BCUT2D eigenvalue weighted by Gasteiger charge is -2.23. The summed E-state index contributed by atoms with van der Waals surface area (Å²) >= 11 is 0. The van der Waals surface area contributed by atoms with Gasteiger partial charge in [0.05, 0.1) is 25.9 Å². The van der Waals surface area contributed by atoms with Gasteiger partial charge in [-0.2, -0.15) is 0 Å². The molecular formula is C11H19N5O2. The SMILES string of the molecule is CCc1nc(NN)cc(NCC2COCCO2)n1. The quantitative estimate of drug-likeness (QED) is 0.508. The second kappa shape index (κ2) is 6.48. The van der Waals surface area contributed by atoms with Crippen molar-refractivity contribution in [1.82, 2.24) is 9.97 Å². The van der Waals surface area contributed by atoms with E-state index in [9.17, 15) is 0 Å². The summed E-state index contributed by atoms with van der Waals surface area (Å²) < 4.78 is 10.9. The molecule has 1 aromatic rings. The first-order valence-electron chi connectivity index (χ1n) is 6.09. The lowest BCUT2D eigenvalue weighted by molar-refractivity contribution is -0.0819. The molecule has 1 saturated heterocycles. The molecule has 1 aliphatic rings. The van der Waals surface area contributed by atoms with Gasteiger partial charge in [-0.25, -0.2) is 15.8 Å². The number of nitrogens with zero attached hydrogens (tertiary/aromatic N) is 2. The Labute approximate surface area is 106 Å². The van der Waals surface area contributed by atoms with Gasteiger partial charge in [-0.15, -0.1) is 0 Å². The molecule has 0 amide bonds. The maximum atomic E-state index is 5.54. The van der Waals surface area contributed by atoms with E-state index >= 15 is 0 Å². The smallest absolute Gasteiger partial charge is 0.145 e. The van der Waals surface area contributed by atoms with Crippen LogP contribution in [-0.2, 0) is 15.9 Å². The van der Waals surface area contributed by atoms with Crippen LogP contribution in [-0.4, -0.2) is 42.4 Å². The van der Waals surface area contributed by atoms with E-state index in [0.29, 0.717) is 32.2 Å². The number of anilines is 2. The molecule has 18 heavy (non-hydrogen) atoms. The van der Waals surface area contributed by atoms with Gasteiger partial charge in [0, 0.05) is 19.0 Å². The highest BCUT2D eigenvalue weighted by molar-refractivity contribution is 5.46. The number of nitrogens with one attached hydrogen (secondary N) is 2. The Balaban J connectivity index is 1.94. The van der Waals surface area contributed by atoms with Gasteiger partial charge >= 0.3 is 0 Å². The normalized spacial score (nSPS) is 19.6. The number of aromatic nitrogens is 2. The molecule has 1 fully saturated rings. The van der Waals surface area contributed by atoms with Crippen LogP contribution >= 0.6 is 0 Å². The summed E-state index contributed by atoms with van der Waals surface area (Å²) in [6.45, 7) is 4.58. The number of hydrazine groups is 1. The van der Waals surface area contributed by atoms with E-state index < -0.39 is 0 Å². The van der Waals surface area contributed by atoms with Gasteiger partial charge in [0.15, 0.2) is 0 Å². The van der Waals surface area contributed by atoms with Gasteiger partial charge in [-0.3, -0.25) is 0 Å². The molecule has 0 spiro atoms. The number of hydrogen-bond acceptors (Lipinski definition) is 7. The van der Waals surface area contributed by atoms with Crippen molar-refractivity contribution in [2.45, 2.75) is 19.4 Å². The average Bonchev–Trinajstić information content (AvgIpc) is 2.45. The Morgan fingerprint density at radius 1 is 1.39 bits per heavy atom. The minimum atomic E-state index is 0.0630. The minimum absolute atomic E-state index is 0.0630. The van der Waals surface area contributed by atoms with Gasteiger partial charge in [-0.1, -0.05) is 6.92 Å². The summed E-state index contributed by atoms with van der Waals surface area (Å²) in [7, 11) is 0. The highest BCUT2D eigenvalue weighted by atomic mass is 16.6. The van der Waals surface area contributed by atoms with Crippen LogP contribution in [0.15, 0.2) is 6.07 Å². The molecule has 4 N–H and O–H groups in total. The summed E-state index contributed by atoms with van der Waals surface area (Å²) in [6, 6.07) is 1.77. The van der Waals surface area contributed by atoms with Crippen molar-refractivity contribution in [3.8, 4) is 0 Å². The molecule has 1 aliphatic heterocycles. The van der Waals surface area contributed by atoms with Gasteiger partial charge in [0.1, 0.15) is 17.5 Å². The average molecular weight is 253 g/mol. The first kappa shape index (κ1) is 13.0. The van der Waals surface area contributed by atoms with Gasteiger partial charge in [0.25, 0.3) is 0 Å². The summed E-state index contributed by atoms with van der Waals surface area (Å²) in [4.78, 5) is 8.59. The molecule has 1 unspecified atom stereocenters. The van der Waals surface area contributed by atoms with Crippen LogP contribution in [0.5, 0.6) is 0 Å². The number of nitrogen functional groups attached to an aromatic ring is 1. The largest absolute Gasteiger partial charge is 0.376 e. The zero-order chi connectivity index (χ0) is 12.8. The Morgan fingerprint density at radius 3 is 2.89 bits per heavy atom. The minimum Gasteiger partial charge on any atom is -0.376 e. The lowest BCUT2D eigenvalue weighted by atomic mass is 10.3. The lowest BCUT2D eigenvalue weighted by Crippen LogP contribution is -2.34. The van der Waals surface area contributed by atoms with Crippen molar-refractivity contribution < 1.29 is 9.47 Å². The molecule has 0 bridgehead atoms. The van der Waals surface area contributed by atoms with E-state index in [-0.39, 0.29) is 6.10 Å². The maximum Gasteiger partial charge on any atom is 0.145 e. The molecule has 0 radical (unpaired) electrons. The molecule has 0 saturated carbocycles. The van der Waals surface area contributed by atoms with Gasteiger partial charge < -0.3 is 20.2 Å². The van der Waals surface area contributed by atoms with E-state index in [1.54, 1.807) is 6.07 Å². The number of ether oxygens (including phenoxy) is 2. The second-order valence-corrected chi connectivity index (χ2v) is 4.00. The standard InChI is InChI=1S/C11H19N5O2/c1-2-9-14-10(5-11(15-9)16-12)13-6-8-7-17-3-4-18-8/h5,8H,2-4,6-7,12H2,1H3,(H2,13,14,15,16). The van der Waals surface area contributed by atoms with Crippen LogP contribution in [0.4, 0.5) is 11.6 Å². The fraction of sp³-hybridized carbons (Fsp3) is 0.636. The topological polar surface area (TPSA) is 94.3 Å². The summed E-state index contributed by atoms with van der Waals surface area (Å²) in [5.74, 6) is 7.45. The van der Waals surface area contributed by atoms with Crippen LogP contribution in [0.3, 0.4) is 0 Å². The Hall–Kier alpha value is -1.44. The third-order valence-electron chi connectivity index (χ3n) is 2.63. The van der Waals surface area contributed by atoms with Crippen LogP contribution in [0.25, 0.3) is 0 Å². The summed E-state index contributed by atoms with van der Waals surface area (Å²) in [6.07, 6.45) is 0.820. The fourth-order valence-electron chi connectivity index (χ4n) is 1.69. The molecule has 7 heteroatoms. The Bertz CT molecular complexity index is 359. The molecular weight excluding hydrogens is 234 g/mol. The third kappa shape index (κ3) is 3.52. The van der Waals surface area contributed by atoms with Gasteiger partial charge in [-0.05, 0) is 0 Å². The molecule has 0 aromatic carbocycles. The second-order valence-electron chi connectivity index (χ2n) is 4.00. The van der Waals surface area contributed by atoms with Crippen LogP contribution in [0.2, 0.25) is 0 Å². The first-order valence-corrected chi connectivity index (χ1v) is 6.09. The van der Waals surface area contributed by atoms with Crippen molar-refractivity contribution in [2.75, 3.05) is 37.1 Å². The number of nitrogens with two attached hydrogens (primary N) is 1. The zero-order valence-corrected chi connectivity index (χ0v) is 10.5. The third-order valence-corrected chi connectivity index (χ3v) is 2.63.